The van der Waals surface area contributed by atoms with Crippen LogP contribution in [0.1, 0.15) is 25.5 Å². The Labute approximate surface area is 262 Å². The summed E-state index contributed by atoms with van der Waals surface area (Å²) in [6, 6.07) is 9.23. The van der Waals surface area contributed by atoms with Gasteiger partial charge in [-0.2, -0.15) is 0 Å². The van der Waals surface area contributed by atoms with E-state index in [2.05, 4.69) is 0 Å². The van der Waals surface area contributed by atoms with Crippen molar-refractivity contribution in [2.45, 2.75) is 75.1 Å². The lowest BCUT2D eigenvalue weighted by atomic mass is 9.89. The summed E-state index contributed by atoms with van der Waals surface area (Å²) in [4.78, 5) is 25.0. The summed E-state index contributed by atoms with van der Waals surface area (Å²) in [6.07, 6.45) is -15.7. The minimum Gasteiger partial charge on any atom is -0.506 e. The highest BCUT2D eigenvalue weighted by Crippen LogP contribution is 2.46. The Hall–Kier alpha value is -3.80. The molecule has 15 heteroatoms. The molecule has 0 unspecified atom stereocenters. The molecule has 250 valence electrons. The largest absolute Gasteiger partial charge is 0.506 e. The van der Waals surface area contributed by atoms with Crippen LogP contribution in [0.25, 0.3) is 22.3 Å². The molecule has 0 aliphatic carbocycles. The third-order valence-corrected chi connectivity index (χ3v) is 8.11. The van der Waals surface area contributed by atoms with Crippen molar-refractivity contribution in [2.24, 2.45) is 0 Å². The summed E-state index contributed by atoms with van der Waals surface area (Å²) in [6.45, 7) is 2.05. The first-order chi connectivity index (χ1) is 21.9. The fraction of sp³-hybridized carbons (Fsp3) is 0.484. The lowest BCUT2D eigenvalue weighted by Gasteiger charge is -2.46. The molecule has 6 N–H and O–H groups in total. The number of phenolic OH excluding ortho intramolecular Hbond substituents is 1. The molecule has 2 aliphatic heterocycles. The highest BCUT2D eigenvalue weighted by Gasteiger charge is 2.52. The van der Waals surface area contributed by atoms with E-state index < -0.39 is 85.0 Å². The quantitative estimate of drug-likeness (QED) is 0.179. The van der Waals surface area contributed by atoms with Gasteiger partial charge in [-0.05, 0) is 31.2 Å². The molecule has 15 nitrogen and oxygen atoms in total. The normalized spacial score (nSPS) is 31.4. The van der Waals surface area contributed by atoms with Gasteiger partial charge in [-0.3, -0.25) is 9.59 Å². The number of esters is 1. The molecule has 0 saturated carbocycles. The molecule has 0 spiro atoms. The van der Waals surface area contributed by atoms with E-state index in [1.54, 1.807) is 24.3 Å². The zero-order valence-corrected chi connectivity index (χ0v) is 25.3. The van der Waals surface area contributed by atoms with Gasteiger partial charge in [-0.15, -0.1) is 0 Å². The molecule has 5 rings (SSSR count). The summed E-state index contributed by atoms with van der Waals surface area (Å²) >= 11 is 0. The number of methoxy groups -OCH3 is 2. The molecule has 2 aliphatic rings. The second-order valence-corrected chi connectivity index (χ2v) is 11.1. The SMILES string of the molecule is COc1ccc(-c2cc(=O)c3c(O)c([C@@H]4O[C@H](COC(C)=O)[C@@H](O)[C@H](O)[C@H]4O[C@@H]4O[C@@H](C)[C@H](O)[C@@H](O)[C@H]4O)c(OC)cc3o2)cc1. The molecule has 3 heterocycles. The van der Waals surface area contributed by atoms with E-state index in [-0.39, 0.29) is 28.0 Å². The fourth-order valence-electron chi connectivity index (χ4n) is 5.58. The first kappa shape index (κ1) is 33.6. The number of fused-ring (bicyclic) bond motifs is 1. The van der Waals surface area contributed by atoms with Crippen molar-refractivity contribution in [3.05, 3.63) is 52.2 Å². The van der Waals surface area contributed by atoms with Crippen LogP contribution in [0.3, 0.4) is 0 Å². The van der Waals surface area contributed by atoms with Crippen LogP contribution in [-0.2, 0) is 23.7 Å². The van der Waals surface area contributed by atoms with Crippen LogP contribution >= 0.6 is 0 Å². The summed E-state index contributed by atoms with van der Waals surface area (Å²) in [7, 11) is 2.78. The zero-order valence-electron chi connectivity index (χ0n) is 25.3. The number of carbonyl (C=O) groups is 1. The van der Waals surface area contributed by atoms with Crippen LogP contribution < -0.4 is 14.9 Å². The minimum absolute atomic E-state index is 0.0567. The van der Waals surface area contributed by atoms with Gasteiger partial charge in [0.2, 0.25) is 0 Å². The number of benzene rings is 2. The van der Waals surface area contributed by atoms with E-state index in [9.17, 15) is 40.2 Å². The maximum atomic E-state index is 13.4. The Morgan fingerprint density at radius 3 is 2.22 bits per heavy atom. The van der Waals surface area contributed by atoms with Crippen LogP contribution in [0.2, 0.25) is 0 Å². The first-order valence-corrected chi connectivity index (χ1v) is 14.4. The summed E-state index contributed by atoms with van der Waals surface area (Å²) in [5.74, 6) is -0.667. The van der Waals surface area contributed by atoms with Crippen LogP contribution in [-0.4, -0.2) is 113 Å². The number of hydrogen-bond acceptors (Lipinski definition) is 15. The highest BCUT2D eigenvalue weighted by atomic mass is 16.7. The van der Waals surface area contributed by atoms with Crippen molar-refractivity contribution < 1.29 is 68.3 Å². The number of rotatable bonds is 8. The molecule has 46 heavy (non-hydrogen) atoms. The number of aromatic hydroxyl groups is 1. The van der Waals surface area contributed by atoms with Crippen molar-refractivity contribution in [1.29, 1.82) is 0 Å². The molecule has 10 atom stereocenters. The molecular weight excluding hydrogens is 612 g/mol. The lowest BCUT2D eigenvalue weighted by Crippen LogP contribution is -2.62. The second kappa shape index (κ2) is 13.5. The predicted molar refractivity (Wildman–Crippen MR) is 156 cm³/mol. The third-order valence-electron chi connectivity index (χ3n) is 8.11. The molecule has 2 fully saturated rings. The van der Waals surface area contributed by atoms with E-state index in [1.165, 1.54) is 33.3 Å². The first-order valence-electron chi connectivity index (χ1n) is 14.4. The Balaban J connectivity index is 1.61. The molecule has 2 saturated heterocycles. The Bertz CT molecular complexity index is 1600. The van der Waals surface area contributed by atoms with E-state index in [0.717, 1.165) is 6.92 Å². The Morgan fingerprint density at radius 2 is 1.59 bits per heavy atom. The molecular formula is C31H36O15. The fourth-order valence-corrected chi connectivity index (χ4v) is 5.58. The van der Waals surface area contributed by atoms with Crippen molar-refractivity contribution in [3.8, 4) is 28.6 Å². The van der Waals surface area contributed by atoms with Crippen molar-refractivity contribution in [1.82, 2.24) is 0 Å². The van der Waals surface area contributed by atoms with Gasteiger partial charge in [0.1, 0.15) is 89.4 Å². The monoisotopic (exact) mass is 648 g/mol. The van der Waals surface area contributed by atoms with Crippen LogP contribution in [0.15, 0.2) is 45.6 Å². The van der Waals surface area contributed by atoms with Gasteiger partial charge >= 0.3 is 5.97 Å². The number of ether oxygens (including phenoxy) is 6. The van der Waals surface area contributed by atoms with Crippen molar-refractivity contribution >= 4 is 16.9 Å². The van der Waals surface area contributed by atoms with E-state index in [0.29, 0.717) is 11.3 Å². The zero-order chi connectivity index (χ0) is 33.4. The minimum atomic E-state index is -1.83. The van der Waals surface area contributed by atoms with Crippen LogP contribution in [0.5, 0.6) is 17.2 Å². The maximum absolute atomic E-state index is 13.4. The Morgan fingerprint density at radius 1 is 0.891 bits per heavy atom. The van der Waals surface area contributed by atoms with Gasteiger partial charge in [-0.1, -0.05) is 0 Å². The van der Waals surface area contributed by atoms with Gasteiger partial charge < -0.3 is 63.5 Å². The average Bonchev–Trinajstić information content (AvgIpc) is 3.04. The number of phenols is 1. The molecule has 1 aromatic heterocycles. The van der Waals surface area contributed by atoms with Gasteiger partial charge in [-0.25, -0.2) is 0 Å². The molecule has 2 aromatic carbocycles. The number of aliphatic hydroxyl groups excluding tert-OH is 5. The van der Waals surface area contributed by atoms with Crippen LogP contribution in [0, 0.1) is 0 Å². The van der Waals surface area contributed by atoms with E-state index in [1.807, 2.05) is 0 Å². The van der Waals surface area contributed by atoms with Crippen molar-refractivity contribution in [2.75, 3.05) is 20.8 Å². The smallest absolute Gasteiger partial charge is 0.302 e. The average molecular weight is 649 g/mol. The van der Waals surface area contributed by atoms with Gasteiger partial charge in [0.15, 0.2) is 11.7 Å². The van der Waals surface area contributed by atoms with Crippen LogP contribution in [0.4, 0.5) is 0 Å². The van der Waals surface area contributed by atoms with Gasteiger partial charge in [0, 0.05) is 24.6 Å². The standard InChI is InChI=1S/C31H36O15/c1-12-23(34)26(37)28(39)31(43-12)46-30-27(38)24(35)20(11-42-13(2)32)45-29(30)22-18(41-4)10-19-21(25(22)36)16(33)9-17(44-19)14-5-7-15(40-3)8-6-14/h5-10,12,20,23-24,26-31,34-39H,11H2,1-4H3/t12-,20+,23-,24+,26+,27-,28+,29-,30+,31-/m0/s1. The summed E-state index contributed by atoms with van der Waals surface area (Å²) < 4.78 is 39.2. The summed E-state index contributed by atoms with van der Waals surface area (Å²) in [5, 5.41) is 64.5. The van der Waals surface area contributed by atoms with Crippen molar-refractivity contribution in [3.63, 3.8) is 0 Å². The third kappa shape index (κ3) is 6.28. The van der Waals surface area contributed by atoms with E-state index >= 15 is 0 Å². The Kier molecular flexibility index (Phi) is 9.86. The lowest BCUT2D eigenvalue weighted by molar-refractivity contribution is -0.338. The predicted octanol–water partition coefficient (Wildman–Crippen LogP) is 0.120. The molecule has 0 amide bonds. The topological polar surface area (TPSA) is 224 Å². The van der Waals surface area contributed by atoms with E-state index in [4.69, 9.17) is 32.8 Å². The van der Waals surface area contributed by atoms with Gasteiger partial charge in [0.05, 0.1) is 25.9 Å². The molecule has 0 bridgehead atoms. The second-order valence-electron chi connectivity index (χ2n) is 11.1. The number of hydrogen-bond donors (Lipinski definition) is 6. The van der Waals surface area contributed by atoms with Gasteiger partial charge in [0.25, 0.3) is 0 Å². The molecule has 0 radical (unpaired) electrons. The number of carbonyl (C=O) groups excluding carboxylic acids is 1. The molecule has 3 aromatic rings. The number of aliphatic hydroxyl groups is 5. The summed E-state index contributed by atoms with van der Waals surface area (Å²) in [5.41, 5.74) is -0.360. The maximum Gasteiger partial charge on any atom is 0.302 e. The highest BCUT2D eigenvalue weighted by molar-refractivity contribution is 5.88.